The van der Waals surface area contributed by atoms with Crippen molar-refractivity contribution in [3.05, 3.63) is 29.8 Å². The first-order valence-corrected chi connectivity index (χ1v) is 7.40. The minimum Gasteiger partial charge on any atom is -0.347 e. The van der Waals surface area contributed by atoms with Gasteiger partial charge >= 0.3 is 11.8 Å². The van der Waals surface area contributed by atoms with Crippen LogP contribution in [-0.2, 0) is 9.59 Å². The number of Topliss-reactive ketones (excluding diaryl/α,β-unsaturated/α-hetero) is 1. The molecule has 0 saturated heterocycles. The van der Waals surface area contributed by atoms with E-state index in [-0.39, 0.29) is 5.78 Å². The van der Waals surface area contributed by atoms with Gasteiger partial charge in [0.1, 0.15) is 0 Å². The van der Waals surface area contributed by atoms with E-state index in [0.29, 0.717) is 24.3 Å². The van der Waals surface area contributed by atoms with Gasteiger partial charge in [-0.2, -0.15) is 0 Å². The number of hydrogen-bond donors (Lipinski definition) is 2. The van der Waals surface area contributed by atoms with Gasteiger partial charge in [-0.1, -0.05) is 26.0 Å². The zero-order valence-corrected chi connectivity index (χ0v) is 13.3. The summed E-state index contributed by atoms with van der Waals surface area (Å²) in [6.45, 7) is 8.45. The molecular formula is C16H23N3O3. The zero-order chi connectivity index (χ0) is 16.5. The van der Waals surface area contributed by atoms with Crippen molar-refractivity contribution in [2.24, 2.45) is 0 Å². The lowest BCUT2D eigenvalue weighted by Crippen LogP contribution is -2.40. The van der Waals surface area contributed by atoms with Crippen LogP contribution in [0.2, 0.25) is 0 Å². The second-order valence-corrected chi connectivity index (χ2v) is 4.87. The summed E-state index contributed by atoms with van der Waals surface area (Å²) in [7, 11) is 0. The van der Waals surface area contributed by atoms with Crippen LogP contribution < -0.4 is 10.6 Å². The molecule has 6 heteroatoms. The van der Waals surface area contributed by atoms with Crippen LogP contribution in [-0.4, -0.2) is 48.7 Å². The average molecular weight is 305 g/mol. The number of nitrogens with one attached hydrogen (secondary N) is 2. The van der Waals surface area contributed by atoms with E-state index in [1.807, 2.05) is 13.8 Å². The van der Waals surface area contributed by atoms with Gasteiger partial charge in [0, 0.05) is 24.3 Å². The minimum atomic E-state index is -0.736. The number of nitrogens with zero attached hydrogens (tertiary/aromatic N) is 1. The van der Waals surface area contributed by atoms with Crippen LogP contribution in [0.5, 0.6) is 0 Å². The van der Waals surface area contributed by atoms with Crippen molar-refractivity contribution in [2.45, 2.75) is 20.8 Å². The highest BCUT2D eigenvalue weighted by molar-refractivity contribution is 6.39. The molecule has 2 amide bonds. The van der Waals surface area contributed by atoms with Gasteiger partial charge in [-0.15, -0.1) is 0 Å². The largest absolute Gasteiger partial charge is 0.347 e. The molecule has 0 spiro atoms. The molecule has 0 aliphatic rings. The number of likely N-dealkylation sites (N-methyl/N-ethyl adjacent to an activating group) is 1. The molecule has 0 saturated carbocycles. The molecule has 1 rings (SSSR count). The standard InChI is InChI=1S/C16H23N3O3/c1-4-19(5-2)10-9-17-15(21)16(22)18-14-8-6-7-13(11-14)12(3)20/h6-8,11H,4-5,9-10H2,1-3H3,(H,17,21)(H,18,22). The summed E-state index contributed by atoms with van der Waals surface area (Å²) in [5.41, 5.74) is 0.913. The fourth-order valence-electron chi connectivity index (χ4n) is 1.95. The summed E-state index contributed by atoms with van der Waals surface area (Å²) in [5.74, 6) is -1.51. The predicted octanol–water partition coefficient (Wildman–Crippen LogP) is 1.29. The Morgan fingerprint density at radius 1 is 1.09 bits per heavy atom. The number of carbonyl (C=O) groups excluding carboxylic acids is 3. The van der Waals surface area contributed by atoms with Crippen LogP contribution in [0.25, 0.3) is 0 Å². The van der Waals surface area contributed by atoms with Gasteiger partial charge in [0.15, 0.2) is 5.78 Å². The summed E-state index contributed by atoms with van der Waals surface area (Å²) < 4.78 is 0. The predicted molar refractivity (Wildman–Crippen MR) is 85.9 cm³/mol. The SMILES string of the molecule is CCN(CC)CCNC(=O)C(=O)Nc1cccc(C(C)=O)c1. The third-order valence-electron chi connectivity index (χ3n) is 3.34. The Balaban J connectivity index is 2.49. The third kappa shape index (κ3) is 5.65. The van der Waals surface area contributed by atoms with Crippen LogP contribution in [0, 0.1) is 0 Å². The maximum atomic E-state index is 11.8. The number of ketones is 1. The highest BCUT2D eigenvalue weighted by Crippen LogP contribution is 2.10. The second kappa shape index (κ2) is 8.94. The van der Waals surface area contributed by atoms with E-state index >= 15 is 0 Å². The Morgan fingerprint density at radius 3 is 2.36 bits per heavy atom. The smallest absolute Gasteiger partial charge is 0.313 e. The van der Waals surface area contributed by atoms with Crippen LogP contribution in [0.1, 0.15) is 31.1 Å². The molecule has 0 bridgehead atoms. The first kappa shape index (κ1) is 17.8. The van der Waals surface area contributed by atoms with Crippen molar-refractivity contribution in [1.82, 2.24) is 10.2 Å². The van der Waals surface area contributed by atoms with E-state index < -0.39 is 11.8 Å². The summed E-state index contributed by atoms with van der Waals surface area (Å²) in [4.78, 5) is 36.9. The van der Waals surface area contributed by atoms with Crippen molar-refractivity contribution in [2.75, 3.05) is 31.5 Å². The topological polar surface area (TPSA) is 78.5 Å². The van der Waals surface area contributed by atoms with E-state index in [0.717, 1.165) is 13.1 Å². The molecule has 1 aromatic carbocycles. The van der Waals surface area contributed by atoms with Gasteiger partial charge in [0.2, 0.25) is 0 Å². The van der Waals surface area contributed by atoms with Crippen LogP contribution >= 0.6 is 0 Å². The van der Waals surface area contributed by atoms with E-state index in [9.17, 15) is 14.4 Å². The molecule has 0 unspecified atom stereocenters. The normalized spacial score (nSPS) is 10.4. The van der Waals surface area contributed by atoms with Gasteiger partial charge in [-0.05, 0) is 32.1 Å². The van der Waals surface area contributed by atoms with Gasteiger partial charge in [0.25, 0.3) is 0 Å². The van der Waals surface area contributed by atoms with E-state index in [1.54, 1.807) is 24.3 Å². The number of carbonyl (C=O) groups is 3. The van der Waals surface area contributed by atoms with Gasteiger partial charge in [-0.25, -0.2) is 0 Å². The van der Waals surface area contributed by atoms with Crippen molar-refractivity contribution < 1.29 is 14.4 Å². The van der Waals surface area contributed by atoms with Crippen molar-refractivity contribution >= 4 is 23.3 Å². The van der Waals surface area contributed by atoms with E-state index in [2.05, 4.69) is 15.5 Å². The van der Waals surface area contributed by atoms with Gasteiger partial charge in [0.05, 0.1) is 0 Å². The molecule has 6 nitrogen and oxygen atoms in total. The number of anilines is 1. The molecular weight excluding hydrogens is 282 g/mol. The molecule has 0 radical (unpaired) electrons. The second-order valence-electron chi connectivity index (χ2n) is 4.87. The highest BCUT2D eigenvalue weighted by Gasteiger charge is 2.14. The minimum absolute atomic E-state index is 0.0974. The maximum absolute atomic E-state index is 11.8. The lowest BCUT2D eigenvalue weighted by Gasteiger charge is -2.17. The third-order valence-corrected chi connectivity index (χ3v) is 3.34. The van der Waals surface area contributed by atoms with E-state index in [4.69, 9.17) is 0 Å². The van der Waals surface area contributed by atoms with Crippen LogP contribution in [0.15, 0.2) is 24.3 Å². The van der Waals surface area contributed by atoms with Crippen molar-refractivity contribution in [1.29, 1.82) is 0 Å². The first-order valence-electron chi connectivity index (χ1n) is 7.40. The Bertz CT molecular complexity index is 539. The average Bonchev–Trinajstić information content (AvgIpc) is 2.51. The summed E-state index contributed by atoms with van der Waals surface area (Å²) in [6, 6.07) is 6.49. The van der Waals surface area contributed by atoms with Gasteiger partial charge < -0.3 is 15.5 Å². The molecule has 2 N–H and O–H groups in total. The molecule has 120 valence electrons. The quantitative estimate of drug-likeness (QED) is 0.588. The molecule has 0 aliphatic heterocycles. The van der Waals surface area contributed by atoms with E-state index in [1.165, 1.54) is 6.92 Å². The summed E-state index contributed by atoms with van der Waals surface area (Å²) >= 11 is 0. The number of benzene rings is 1. The summed E-state index contributed by atoms with van der Waals surface area (Å²) in [6.07, 6.45) is 0. The first-order chi connectivity index (χ1) is 10.5. The fraction of sp³-hybridized carbons (Fsp3) is 0.438. The Kier molecular flexibility index (Phi) is 7.25. The number of rotatable bonds is 7. The van der Waals surface area contributed by atoms with Crippen molar-refractivity contribution in [3.63, 3.8) is 0 Å². The molecule has 0 aliphatic carbocycles. The molecule has 1 aromatic rings. The van der Waals surface area contributed by atoms with Crippen LogP contribution in [0.3, 0.4) is 0 Å². The maximum Gasteiger partial charge on any atom is 0.313 e. The number of amides is 2. The fourth-order valence-corrected chi connectivity index (χ4v) is 1.95. The lowest BCUT2D eigenvalue weighted by molar-refractivity contribution is -0.136. The molecule has 22 heavy (non-hydrogen) atoms. The molecule has 0 aromatic heterocycles. The monoisotopic (exact) mass is 305 g/mol. The highest BCUT2D eigenvalue weighted by atomic mass is 16.2. The molecule has 0 fully saturated rings. The number of hydrogen-bond acceptors (Lipinski definition) is 4. The Labute approximate surface area is 130 Å². The zero-order valence-electron chi connectivity index (χ0n) is 13.3. The van der Waals surface area contributed by atoms with Crippen LogP contribution in [0.4, 0.5) is 5.69 Å². The Hall–Kier alpha value is -2.21. The molecule has 0 heterocycles. The molecule has 0 atom stereocenters. The Morgan fingerprint density at radius 2 is 1.77 bits per heavy atom. The van der Waals surface area contributed by atoms with Crippen molar-refractivity contribution in [3.8, 4) is 0 Å². The summed E-state index contributed by atoms with van der Waals surface area (Å²) in [5, 5.41) is 5.07. The van der Waals surface area contributed by atoms with Gasteiger partial charge in [-0.3, -0.25) is 14.4 Å². The lowest BCUT2D eigenvalue weighted by atomic mass is 10.1.